The van der Waals surface area contributed by atoms with Gasteiger partial charge < -0.3 is 10.0 Å². The molecule has 1 N–H and O–H groups in total. The van der Waals surface area contributed by atoms with Crippen molar-refractivity contribution < 1.29 is 14.3 Å². The SMILES string of the molecule is CN(C)Cc1cc(F)ccc1C(=O)O. The van der Waals surface area contributed by atoms with Gasteiger partial charge in [-0.2, -0.15) is 0 Å². The van der Waals surface area contributed by atoms with Crippen molar-refractivity contribution >= 4 is 5.97 Å². The number of carboxylic acids is 1. The number of hydrogen-bond acceptors (Lipinski definition) is 2. The number of nitrogens with zero attached hydrogens (tertiary/aromatic N) is 1. The molecular weight excluding hydrogens is 185 g/mol. The minimum Gasteiger partial charge on any atom is -0.478 e. The molecule has 0 saturated heterocycles. The normalized spacial score (nSPS) is 10.6. The first-order valence-electron chi connectivity index (χ1n) is 4.17. The van der Waals surface area contributed by atoms with Crippen molar-refractivity contribution in [1.82, 2.24) is 4.90 Å². The molecule has 1 aromatic carbocycles. The topological polar surface area (TPSA) is 40.5 Å². The second-order valence-electron chi connectivity index (χ2n) is 3.34. The highest BCUT2D eigenvalue weighted by Crippen LogP contribution is 2.12. The number of halogens is 1. The van der Waals surface area contributed by atoms with Crippen molar-refractivity contribution in [1.29, 1.82) is 0 Å². The molecular formula is C10H12FNO2. The number of benzene rings is 1. The molecule has 0 bridgehead atoms. The van der Waals surface area contributed by atoms with Gasteiger partial charge in [0, 0.05) is 6.54 Å². The number of aromatic carboxylic acids is 1. The third-order valence-electron chi connectivity index (χ3n) is 1.78. The van der Waals surface area contributed by atoms with Crippen LogP contribution in [0.4, 0.5) is 4.39 Å². The minimum absolute atomic E-state index is 0.153. The van der Waals surface area contributed by atoms with Gasteiger partial charge in [-0.05, 0) is 37.9 Å². The van der Waals surface area contributed by atoms with E-state index in [1.807, 2.05) is 0 Å². The summed E-state index contributed by atoms with van der Waals surface area (Å²) >= 11 is 0. The monoisotopic (exact) mass is 197 g/mol. The fourth-order valence-electron chi connectivity index (χ4n) is 1.24. The van der Waals surface area contributed by atoms with Gasteiger partial charge in [-0.1, -0.05) is 0 Å². The summed E-state index contributed by atoms with van der Waals surface area (Å²) in [6.45, 7) is 0.416. The number of carboxylic acid groups (broad SMARTS) is 1. The average molecular weight is 197 g/mol. The molecule has 4 heteroatoms. The lowest BCUT2D eigenvalue weighted by Crippen LogP contribution is -2.14. The van der Waals surface area contributed by atoms with Crippen LogP contribution in [0.5, 0.6) is 0 Å². The van der Waals surface area contributed by atoms with Crippen molar-refractivity contribution in [3.63, 3.8) is 0 Å². The predicted octanol–water partition coefficient (Wildman–Crippen LogP) is 1.59. The van der Waals surface area contributed by atoms with Crippen molar-refractivity contribution in [3.8, 4) is 0 Å². The van der Waals surface area contributed by atoms with E-state index >= 15 is 0 Å². The third kappa shape index (κ3) is 2.53. The number of carbonyl (C=O) groups is 1. The maximum atomic E-state index is 12.8. The summed E-state index contributed by atoms with van der Waals surface area (Å²) in [6.07, 6.45) is 0. The van der Waals surface area contributed by atoms with Crippen molar-refractivity contribution in [2.75, 3.05) is 14.1 Å². The molecule has 0 radical (unpaired) electrons. The molecule has 0 heterocycles. The summed E-state index contributed by atoms with van der Waals surface area (Å²) < 4.78 is 12.8. The van der Waals surface area contributed by atoms with E-state index in [2.05, 4.69) is 0 Å². The van der Waals surface area contributed by atoms with E-state index < -0.39 is 11.8 Å². The molecule has 3 nitrogen and oxygen atoms in total. The molecule has 0 amide bonds. The molecule has 76 valence electrons. The van der Waals surface area contributed by atoms with Crippen LogP contribution in [-0.4, -0.2) is 30.1 Å². The van der Waals surface area contributed by atoms with Crippen LogP contribution in [0.3, 0.4) is 0 Å². The molecule has 0 spiro atoms. The largest absolute Gasteiger partial charge is 0.478 e. The van der Waals surface area contributed by atoms with Crippen LogP contribution in [0.1, 0.15) is 15.9 Å². The fraction of sp³-hybridized carbons (Fsp3) is 0.300. The second-order valence-corrected chi connectivity index (χ2v) is 3.34. The zero-order valence-electron chi connectivity index (χ0n) is 8.12. The minimum atomic E-state index is -1.03. The maximum absolute atomic E-state index is 12.8. The summed E-state index contributed by atoms with van der Waals surface area (Å²) in [5, 5.41) is 8.83. The van der Waals surface area contributed by atoms with Crippen LogP contribution in [0.15, 0.2) is 18.2 Å². The van der Waals surface area contributed by atoms with Crippen LogP contribution < -0.4 is 0 Å². The van der Waals surface area contributed by atoms with Crippen molar-refractivity contribution in [2.45, 2.75) is 6.54 Å². The van der Waals surface area contributed by atoms with E-state index in [9.17, 15) is 9.18 Å². The van der Waals surface area contributed by atoms with Crippen LogP contribution in [0.25, 0.3) is 0 Å². The molecule has 0 aliphatic rings. The number of hydrogen-bond donors (Lipinski definition) is 1. The molecule has 0 aliphatic carbocycles. The lowest BCUT2D eigenvalue weighted by atomic mass is 10.1. The van der Waals surface area contributed by atoms with Gasteiger partial charge in [-0.25, -0.2) is 9.18 Å². The fourth-order valence-corrected chi connectivity index (χ4v) is 1.24. The van der Waals surface area contributed by atoms with Crippen LogP contribution in [0.2, 0.25) is 0 Å². The highest BCUT2D eigenvalue weighted by atomic mass is 19.1. The molecule has 0 unspecified atom stereocenters. The smallest absolute Gasteiger partial charge is 0.336 e. The van der Waals surface area contributed by atoms with Crippen LogP contribution in [0, 0.1) is 5.82 Å². The quantitative estimate of drug-likeness (QED) is 0.799. The first-order chi connectivity index (χ1) is 6.50. The molecule has 0 aromatic heterocycles. The van der Waals surface area contributed by atoms with Gasteiger partial charge in [0.1, 0.15) is 5.82 Å². The lowest BCUT2D eigenvalue weighted by Gasteiger charge is -2.11. The van der Waals surface area contributed by atoms with Gasteiger partial charge in [-0.3, -0.25) is 0 Å². The van der Waals surface area contributed by atoms with E-state index in [0.717, 1.165) is 6.07 Å². The third-order valence-corrected chi connectivity index (χ3v) is 1.78. The Bertz CT molecular complexity index is 350. The summed E-state index contributed by atoms with van der Waals surface area (Å²) in [7, 11) is 3.60. The Morgan fingerprint density at radius 1 is 1.50 bits per heavy atom. The van der Waals surface area contributed by atoms with E-state index in [0.29, 0.717) is 12.1 Å². The summed E-state index contributed by atoms with van der Waals surface area (Å²) in [5.74, 6) is -1.44. The molecule has 1 rings (SSSR count). The zero-order valence-corrected chi connectivity index (χ0v) is 8.12. The Morgan fingerprint density at radius 3 is 2.64 bits per heavy atom. The summed E-state index contributed by atoms with van der Waals surface area (Å²) in [4.78, 5) is 12.6. The lowest BCUT2D eigenvalue weighted by molar-refractivity contribution is 0.0695. The zero-order chi connectivity index (χ0) is 10.7. The van der Waals surface area contributed by atoms with Crippen LogP contribution in [-0.2, 0) is 6.54 Å². The molecule has 1 aromatic rings. The van der Waals surface area contributed by atoms with E-state index in [1.54, 1.807) is 19.0 Å². The Kier molecular flexibility index (Phi) is 3.19. The Balaban J connectivity index is 3.09. The summed E-state index contributed by atoms with van der Waals surface area (Å²) in [6, 6.07) is 3.70. The van der Waals surface area contributed by atoms with Gasteiger partial charge in [0.25, 0.3) is 0 Å². The molecule has 0 aliphatic heterocycles. The van der Waals surface area contributed by atoms with Crippen LogP contribution >= 0.6 is 0 Å². The van der Waals surface area contributed by atoms with Gasteiger partial charge in [-0.15, -0.1) is 0 Å². The number of rotatable bonds is 3. The highest BCUT2D eigenvalue weighted by Gasteiger charge is 2.11. The molecule has 0 saturated carbocycles. The van der Waals surface area contributed by atoms with Gasteiger partial charge in [0.2, 0.25) is 0 Å². The Morgan fingerprint density at radius 2 is 2.14 bits per heavy atom. The molecule has 0 atom stereocenters. The Hall–Kier alpha value is -1.42. The van der Waals surface area contributed by atoms with Gasteiger partial charge in [0.05, 0.1) is 5.56 Å². The summed E-state index contributed by atoms with van der Waals surface area (Å²) in [5.41, 5.74) is 0.641. The van der Waals surface area contributed by atoms with E-state index in [1.165, 1.54) is 12.1 Å². The van der Waals surface area contributed by atoms with Crippen molar-refractivity contribution in [2.24, 2.45) is 0 Å². The highest BCUT2D eigenvalue weighted by molar-refractivity contribution is 5.89. The first kappa shape index (κ1) is 10.7. The van der Waals surface area contributed by atoms with Gasteiger partial charge >= 0.3 is 5.97 Å². The maximum Gasteiger partial charge on any atom is 0.336 e. The molecule has 14 heavy (non-hydrogen) atoms. The van der Waals surface area contributed by atoms with E-state index in [4.69, 9.17) is 5.11 Å². The first-order valence-corrected chi connectivity index (χ1v) is 4.17. The average Bonchev–Trinajstić information content (AvgIpc) is 2.01. The second kappa shape index (κ2) is 4.19. The predicted molar refractivity (Wildman–Crippen MR) is 50.8 cm³/mol. The standard InChI is InChI=1S/C10H12FNO2/c1-12(2)6-7-5-8(11)3-4-9(7)10(13)14/h3-5H,6H2,1-2H3,(H,13,14). The van der Waals surface area contributed by atoms with E-state index in [-0.39, 0.29) is 5.56 Å². The molecule has 0 fully saturated rings. The Labute approximate surface area is 81.8 Å². The van der Waals surface area contributed by atoms with Gasteiger partial charge in [0.15, 0.2) is 0 Å². The van der Waals surface area contributed by atoms with Crippen molar-refractivity contribution in [3.05, 3.63) is 35.1 Å².